The highest BCUT2D eigenvalue weighted by Gasteiger charge is 2.29. The van der Waals surface area contributed by atoms with Crippen LogP contribution in [0.3, 0.4) is 0 Å². The average molecular weight is 993 g/mol. The van der Waals surface area contributed by atoms with Crippen molar-refractivity contribution in [1.82, 2.24) is 0 Å². The number of epoxide rings is 6. The Labute approximate surface area is 429 Å². The van der Waals surface area contributed by atoms with Gasteiger partial charge in [0, 0.05) is 10.8 Å². The molecule has 384 valence electrons. The first-order valence-corrected chi connectivity index (χ1v) is 25.6. The zero-order valence-electron chi connectivity index (χ0n) is 42.4. The van der Waals surface area contributed by atoms with Crippen LogP contribution in [0.4, 0.5) is 0 Å². The summed E-state index contributed by atoms with van der Waals surface area (Å²) in [6, 6.07) is 49.9. The molecular weight excluding hydrogens is 925 g/mol. The van der Waals surface area contributed by atoms with E-state index in [4.69, 9.17) is 56.8 Å². The van der Waals surface area contributed by atoms with Crippen molar-refractivity contribution in [2.75, 3.05) is 79.3 Å². The Morgan fingerprint density at radius 3 is 0.616 bits per heavy atom. The van der Waals surface area contributed by atoms with Crippen LogP contribution in [-0.4, -0.2) is 116 Å². The summed E-state index contributed by atoms with van der Waals surface area (Å²) >= 11 is 0. The summed E-state index contributed by atoms with van der Waals surface area (Å²) in [7, 11) is 0. The van der Waals surface area contributed by atoms with Gasteiger partial charge in [0.05, 0.1) is 39.6 Å². The zero-order valence-corrected chi connectivity index (χ0v) is 42.4. The van der Waals surface area contributed by atoms with Gasteiger partial charge in [-0.2, -0.15) is 0 Å². The van der Waals surface area contributed by atoms with Gasteiger partial charge in [0.25, 0.3) is 0 Å². The molecule has 12 nitrogen and oxygen atoms in total. The highest BCUT2D eigenvalue weighted by molar-refractivity contribution is 5.44. The molecule has 0 N–H and O–H groups in total. The van der Waals surface area contributed by atoms with Crippen molar-refractivity contribution in [3.05, 3.63) is 179 Å². The van der Waals surface area contributed by atoms with Crippen LogP contribution >= 0.6 is 0 Å². The molecule has 0 saturated carbocycles. The van der Waals surface area contributed by atoms with Crippen LogP contribution in [0.1, 0.15) is 61.1 Å². The maximum atomic E-state index is 5.72. The molecule has 6 heterocycles. The predicted molar refractivity (Wildman–Crippen MR) is 277 cm³/mol. The Morgan fingerprint density at radius 2 is 0.452 bits per heavy atom. The van der Waals surface area contributed by atoms with Crippen LogP contribution < -0.4 is 28.4 Å². The number of hydrogen-bond donors (Lipinski definition) is 0. The van der Waals surface area contributed by atoms with E-state index in [1.54, 1.807) is 0 Å². The third-order valence-corrected chi connectivity index (χ3v) is 13.6. The van der Waals surface area contributed by atoms with Crippen molar-refractivity contribution in [1.29, 1.82) is 0 Å². The van der Waals surface area contributed by atoms with Crippen LogP contribution in [0.5, 0.6) is 34.5 Å². The van der Waals surface area contributed by atoms with Gasteiger partial charge in [-0.15, -0.1) is 0 Å². The summed E-state index contributed by atoms with van der Waals surface area (Å²) in [5.41, 5.74) is 7.36. The molecule has 73 heavy (non-hydrogen) atoms. The fraction of sp³-hybridized carbons (Fsp3) is 0.410. The van der Waals surface area contributed by atoms with E-state index in [0.717, 1.165) is 80.6 Å². The second-order valence-corrected chi connectivity index (χ2v) is 20.4. The normalized spacial score (nSPS) is 21.7. The molecule has 6 fully saturated rings. The Bertz CT molecular complexity index is 2300. The lowest BCUT2D eigenvalue weighted by Crippen LogP contribution is -2.18. The lowest BCUT2D eigenvalue weighted by atomic mass is 9.78. The molecule has 6 aromatic carbocycles. The highest BCUT2D eigenvalue weighted by atomic mass is 16.6. The number of ether oxygens (including phenoxy) is 12. The van der Waals surface area contributed by atoms with E-state index in [9.17, 15) is 0 Å². The third-order valence-electron chi connectivity index (χ3n) is 13.6. The molecule has 0 bridgehead atoms. The standard InChI is InChI=1S/2C21H24O4.C19H20O4/c2*1-21(2,15-3-7-17(8-4-15)22-11-19-13-24-19)16-5-9-18(10-6-16)23-12-20-14-25-20;1-5-16(20-10-18-12-22-18)6-2-14(1)9-15-3-7-17(8-4-15)21-11-19-13-23-19/h2*3-10,19-20H,11-14H2,1-2H3;1-8,18-19H,9-13H2. The highest BCUT2D eigenvalue weighted by Crippen LogP contribution is 2.35. The lowest BCUT2D eigenvalue weighted by molar-refractivity contribution is 0.263. The van der Waals surface area contributed by atoms with Gasteiger partial charge in [-0.05, 0) is 113 Å². The van der Waals surface area contributed by atoms with Gasteiger partial charge in [-0.3, -0.25) is 0 Å². The Morgan fingerprint density at radius 1 is 0.288 bits per heavy atom. The van der Waals surface area contributed by atoms with Crippen molar-refractivity contribution in [2.45, 2.75) is 81.6 Å². The second kappa shape index (κ2) is 23.4. The molecular formula is C61H68O12. The van der Waals surface area contributed by atoms with E-state index < -0.39 is 0 Å². The van der Waals surface area contributed by atoms with Gasteiger partial charge in [-0.1, -0.05) is 100 Å². The molecule has 6 aliphatic rings. The molecule has 0 radical (unpaired) electrons. The minimum atomic E-state index is -0.0870. The van der Waals surface area contributed by atoms with Crippen molar-refractivity contribution in [2.24, 2.45) is 0 Å². The summed E-state index contributed by atoms with van der Waals surface area (Å²) in [5.74, 6) is 5.36. The van der Waals surface area contributed by atoms with Gasteiger partial charge in [0.15, 0.2) is 0 Å². The van der Waals surface area contributed by atoms with Crippen LogP contribution in [0.2, 0.25) is 0 Å². The first kappa shape index (κ1) is 50.4. The molecule has 12 rings (SSSR count). The quantitative estimate of drug-likeness (QED) is 0.0535. The zero-order chi connectivity index (χ0) is 50.0. The monoisotopic (exact) mass is 992 g/mol. The maximum Gasteiger partial charge on any atom is 0.119 e. The predicted octanol–water partition coefficient (Wildman–Crippen LogP) is 9.97. The van der Waals surface area contributed by atoms with Gasteiger partial charge in [-0.25, -0.2) is 0 Å². The molecule has 6 aliphatic heterocycles. The van der Waals surface area contributed by atoms with E-state index in [0.29, 0.717) is 51.8 Å². The third kappa shape index (κ3) is 15.9. The molecule has 12 heteroatoms. The topological polar surface area (TPSA) is 131 Å². The fourth-order valence-corrected chi connectivity index (χ4v) is 7.97. The van der Waals surface area contributed by atoms with Crippen LogP contribution in [0.25, 0.3) is 0 Å². The average Bonchev–Trinajstić information content (AvgIpc) is 4.21. The van der Waals surface area contributed by atoms with E-state index in [1.807, 2.05) is 72.8 Å². The van der Waals surface area contributed by atoms with E-state index >= 15 is 0 Å². The van der Waals surface area contributed by atoms with Crippen LogP contribution in [0, 0.1) is 0 Å². The second-order valence-electron chi connectivity index (χ2n) is 20.4. The number of benzene rings is 6. The van der Waals surface area contributed by atoms with Gasteiger partial charge in [0.2, 0.25) is 0 Å². The SMILES string of the molecule is CC(C)(c1ccc(OCC2CO2)cc1)c1ccc(OCC2CO2)cc1.CC(C)(c1ccc(OCC2CO2)cc1)c1ccc(OCC2CO2)cc1.c1cc(OCC2CO2)ccc1Cc1ccc(OCC2CO2)cc1. The van der Waals surface area contributed by atoms with Gasteiger partial charge < -0.3 is 56.8 Å². The molecule has 0 aromatic heterocycles. The maximum absolute atomic E-state index is 5.72. The van der Waals surface area contributed by atoms with E-state index in [1.165, 1.54) is 33.4 Å². The van der Waals surface area contributed by atoms with E-state index in [2.05, 4.69) is 100 Å². The molecule has 0 amide bonds. The summed E-state index contributed by atoms with van der Waals surface area (Å²) in [6.07, 6.45) is 2.61. The van der Waals surface area contributed by atoms with Gasteiger partial charge in [0.1, 0.15) is 111 Å². The van der Waals surface area contributed by atoms with Crippen molar-refractivity contribution >= 4 is 0 Å². The first-order valence-electron chi connectivity index (χ1n) is 25.6. The fourth-order valence-electron chi connectivity index (χ4n) is 7.97. The summed E-state index contributed by atoms with van der Waals surface area (Å²) in [4.78, 5) is 0. The largest absolute Gasteiger partial charge is 0.491 e. The smallest absolute Gasteiger partial charge is 0.119 e. The van der Waals surface area contributed by atoms with Gasteiger partial charge >= 0.3 is 0 Å². The minimum Gasteiger partial charge on any atom is -0.491 e. The molecule has 6 atom stereocenters. The Kier molecular flexibility index (Phi) is 16.2. The molecule has 0 spiro atoms. The molecule has 6 saturated heterocycles. The minimum absolute atomic E-state index is 0.0870. The Hall–Kier alpha value is -6.12. The molecule has 6 aromatic rings. The van der Waals surface area contributed by atoms with Crippen molar-refractivity contribution in [3.8, 4) is 34.5 Å². The lowest BCUT2D eigenvalue weighted by Gasteiger charge is -2.26. The van der Waals surface area contributed by atoms with Crippen molar-refractivity contribution in [3.63, 3.8) is 0 Å². The summed E-state index contributed by atoms with van der Waals surface area (Å²) in [6.45, 7) is 17.7. The molecule has 0 aliphatic carbocycles. The van der Waals surface area contributed by atoms with Crippen LogP contribution in [0.15, 0.2) is 146 Å². The Balaban J connectivity index is 0.000000126. The summed E-state index contributed by atoms with van der Waals surface area (Å²) in [5, 5.41) is 0. The molecule has 6 unspecified atom stereocenters. The van der Waals surface area contributed by atoms with E-state index in [-0.39, 0.29) is 35.2 Å². The van der Waals surface area contributed by atoms with Crippen molar-refractivity contribution < 1.29 is 56.8 Å². The first-order chi connectivity index (χ1) is 35.6. The summed E-state index contributed by atoms with van der Waals surface area (Å²) < 4.78 is 65.1. The number of rotatable bonds is 24. The number of hydrogen-bond acceptors (Lipinski definition) is 12. The van der Waals surface area contributed by atoms with Crippen LogP contribution in [-0.2, 0) is 45.7 Å².